The third kappa shape index (κ3) is 4.54. The van der Waals surface area contributed by atoms with Gasteiger partial charge in [-0.25, -0.2) is 0 Å². The topological polar surface area (TPSA) is 75.6 Å². The van der Waals surface area contributed by atoms with Gasteiger partial charge in [0.15, 0.2) is 0 Å². The molecule has 0 bridgehead atoms. The van der Waals surface area contributed by atoms with Crippen LogP contribution in [-0.4, -0.2) is 36.7 Å². The molecule has 6 heteroatoms. The Morgan fingerprint density at radius 2 is 2.14 bits per heavy atom. The predicted molar refractivity (Wildman–Crippen MR) is 80.4 cm³/mol. The third-order valence-corrected chi connectivity index (χ3v) is 4.87. The maximum absolute atomic E-state index is 11.8. The summed E-state index contributed by atoms with van der Waals surface area (Å²) in [5.74, 6) is -0.914. The Balaban J connectivity index is 1.72. The van der Waals surface area contributed by atoms with Gasteiger partial charge in [0.25, 0.3) is 0 Å². The highest BCUT2D eigenvalue weighted by Gasteiger charge is 2.40. The van der Waals surface area contributed by atoms with Crippen molar-refractivity contribution >= 4 is 23.2 Å². The first-order valence-electron chi connectivity index (χ1n) is 7.23. The summed E-state index contributed by atoms with van der Waals surface area (Å²) in [5, 5.41) is 14.2. The van der Waals surface area contributed by atoms with Gasteiger partial charge in [0.2, 0.25) is 5.91 Å². The third-order valence-electron chi connectivity index (χ3n) is 3.93. The number of ether oxygens (including phenoxy) is 1. The molecule has 1 amide bonds. The van der Waals surface area contributed by atoms with E-state index in [4.69, 9.17) is 4.74 Å². The minimum absolute atomic E-state index is 0.0707. The summed E-state index contributed by atoms with van der Waals surface area (Å²) in [7, 11) is 0. The molecule has 2 rings (SSSR count). The first kappa shape index (κ1) is 16.0. The molecule has 1 aliphatic rings. The first-order chi connectivity index (χ1) is 10.1. The second-order valence-corrected chi connectivity index (χ2v) is 6.44. The summed E-state index contributed by atoms with van der Waals surface area (Å²) in [6.45, 7) is 1.09. The normalized spacial score (nSPS) is 17.3. The minimum Gasteiger partial charge on any atom is -0.481 e. The van der Waals surface area contributed by atoms with Crippen LogP contribution >= 0.6 is 11.3 Å². The number of hydrogen-bond acceptors (Lipinski definition) is 4. The summed E-state index contributed by atoms with van der Waals surface area (Å²) >= 11 is 1.69. The second kappa shape index (κ2) is 7.56. The van der Waals surface area contributed by atoms with Gasteiger partial charge in [-0.1, -0.05) is 6.07 Å². The van der Waals surface area contributed by atoms with Crippen LogP contribution in [0.3, 0.4) is 0 Å². The van der Waals surface area contributed by atoms with Crippen LogP contribution in [0.25, 0.3) is 0 Å². The van der Waals surface area contributed by atoms with Gasteiger partial charge in [0.1, 0.15) is 0 Å². The fraction of sp³-hybridized carbons (Fsp3) is 0.600. The summed E-state index contributed by atoms with van der Waals surface area (Å²) in [6, 6.07) is 4.06. The quantitative estimate of drug-likeness (QED) is 0.808. The van der Waals surface area contributed by atoms with Gasteiger partial charge < -0.3 is 15.2 Å². The van der Waals surface area contributed by atoms with Crippen molar-refractivity contribution in [1.82, 2.24) is 5.32 Å². The molecule has 0 unspecified atom stereocenters. The van der Waals surface area contributed by atoms with Crippen LogP contribution in [-0.2, 0) is 20.7 Å². The van der Waals surface area contributed by atoms with E-state index in [1.165, 1.54) is 4.88 Å². The fourth-order valence-corrected chi connectivity index (χ4v) is 3.21. The zero-order chi connectivity index (χ0) is 15.1. The number of hydrogen-bond donors (Lipinski definition) is 2. The largest absolute Gasteiger partial charge is 0.481 e. The van der Waals surface area contributed by atoms with Gasteiger partial charge in [-0.05, 0) is 37.1 Å². The van der Waals surface area contributed by atoms with E-state index in [0.29, 0.717) is 32.5 Å². The number of aliphatic carboxylic acids is 1. The Morgan fingerprint density at radius 1 is 1.38 bits per heavy atom. The lowest BCUT2D eigenvalue weighted by molar-refractivity contribution is -0.154. The number of amides is 1. The number of carboxylic acid groups (broad SMARTS) is 1. The fourth-order valence-electron chi connectivity index (χ4n) is 2.46. The molecule has 0 spiro atoms. The van der Waals surface area contributed by atoms with E-state index < -0.39 is 11.4 Å². The lowest BCUT2D eigenvalue weighted by Gasteiger charge is -2.33. The molecule has 1 aromatic heterocycles. The molecule has 2 heterocycles. The van der Waals surface area contributed by atoms with E-state index in [1.807, 2.05) is 11.4 Å². The Hall–Kier alpha value is -1.40. The highest BCUT2D eigenvalue weighted by molar-refractivity contribution is 7.09. The highest BCUT2D eigenvalue weighted by atomic mass is 32.1. The maximum atomic E-state index is 11.8. The van der Waals surface area contributed by atoms with Crippen molar-refractivity contribution in [3.05, 3.63) is 22.4 Å². The summed E-state index contributed by atoms with van der Waals surface area (Å²) in [4.78, 5) is 24.6. The van der Waals surface area contributed by atoms with E-state index >= 15 is 0 Å². The smallest absolute Gasteiger partial charge is 0.311 e. The molecule has 116 valence electrons. The van der Waals surface area contributed by atoms with Crippen LogP contribution in [0.15, 0.2) is 17.5 Å². The number of aryl methyl sites for hydroxylation is 1. The van der Waals surface area contributed by atoms with Crippen LogP contribution in [0.2, 0.25) is 0 Å². The number of carbonyl (C=O) groups is 2. The van der Waals surface area contributed by atoms with Crippen LogP contribution in [0.5, 0.6) is 0 Å². The van der Waals surface area contributed by atoms with Gasteiger partial charge in [0, 0.05) is 31.1 Å². The van der Waals surface area contributed by atoms with Crippen molar-refractivity contribution in [2.75, 3.05) is 19.8 Å². The number of carbonyl (C=O) groups excluding carboxylic acids is 1. The average Bonchev–Trinajstić information content (AvgIpc) is 2.99. The van der Waals surface area contributed by atoms with Gasteiger partial charge in [-0.15, -0.1) is 11.3 Å². The molecular weight excluding hydrogens is 290 g/mol. The van der Waals surface area contributed by atoms with Crippen molar-refractivity contribution < 1.29 is 19.4 Å². The van der Waals surface area contributed by atoms with Gasteiger partial charge >= 0.3 is 5.97 Å². The molecule has 1 aliphatic heterocycles. The van der Waals surface area contributed by atoms with Gasteiger partial charge in [-0.3, -0.25) is 9.59 Å². The number of rotatable bonds is 7. The molecule has 5 nitrogen and oxygen atoms in total. The SMILES string of the molecule is O=C(CCCc1cccs1)NCC1(C(=O)O)CCOCC1. The highest BCUT2D eigenvalue weighted by Crippen LogP contribution is 2.30. The molecule has 1 saturated heterocycles. The summed E-state index contributed by atoms with van der Waals surface area (Å²) in [6.07, 6.45) is 3.03. The zero-order valence-corrected chi connectivity index (χ0v) is 12.8. The summed E-state index contributed by atoms with van der Waals surface area (Å²) < 4.78 is 5.21. The van der Waals surface area contributed by atoms with Crippen molar-refractivity contribution in [3.63, 3.8) is 0 Å². The molecule has 0 saturated carbocycles. The Kier molecular flexibility index (Phi) is 5.76. The van der Waals surface area contributed by atoms with E-state index in [9.17, 15) is 14.7 Å². The van der Waals surface area contributed by atoms with Gasteiger partial charge in [0.05, 0.1) is 5.41 Å². The van der Waals surface area contributed by atoms with Crippen molar-refractivity contribution in [2.45, 2.75) is 32.1 Å². The molecular formula is C15H21NO4S. The van der Waals surface area contributed by atoms with E-state index in [2.05, 4.69) is 11.4 Å². The molecule has 1 fully saturated rings. The lowest BCUT2D eigenvalue weighted by Crippen LogP contribution is -2.46. The molecule has 0 aromatic carbocycles. The minimum atomic E-state index is -0.859. The Bertz CT molecular complexity index is 466. The van der Waals surface area contributed by atoms with Crippen molar-refractivity contribution in [2.24, 2.45) is 5.41 Å². The molecule has 21 heavy (non-hydrogen) atoms. The molecule has 0 radical (unpaired) electrons. The Labute approximate surface area is 128 Å². The van der Waals surface area contributed by atoms with Crippen LogP contribution in [0, 0.1) is 5.41 Å². The average molecular weight is 311 g/mol. The monoisotopic (exact) mass is 311 g/mol. The molecule has 1 aromatic rings. The molecule has 0 aliphatic carbocycles. The number of thiophene rings is 1. The van der Waals surface area contributed by atoms with E-state index in [0.717, 1.165) is 12.8 Å². The predicted octanol–water partition coefficient (Wildman–Crippen LogP) is 2.07. The molecule has 2 N–H and O–H groups in total. The zero-order valence-electron chi connectivity index (χ0n) is 12.0. The van der Waals surface area contributed by atoms with Crippen LogP contribution in [0.1, 0.15) is 30.6 Å². The van der Waals surface area contributed by atoms with Crippen molar-refractivity contribution in [1.29, 1.82) is 0 Å². The number of nitrogens with one attached hydrogen (secondary N) is 1. The Morgan fingerprint density at radius 3 is 2.76 bits per heavy atom. The number of carboxylic acids is 1. The van der Waals surface area contributed by atoms with E-state index in [1.54, 1.807) is 11.3 Å². The standard InChI is InChI=1S/C15H21NO4S/c17-13(5-1-3-12-4-2-10-21-12)16-11-15(14(18)19)6-8-20-9-7-15/h2,4,10H,1,3,5-9,11H2,(H,16,17)(H,18,19). The summed E-state index contributed by atoms with van der Waals surface area (Å²) in [5.41, 5.74) is -0.859. The maximum Gasteiger partial charge on any atom is 0.311 e. The van der Waals surface area contributed by atoms with Crippen LogP contribution < -0.4 is 5.32 Å². The lowest BCUT2D eigenvalue weighted by atomic mass is 9.80. The second-order valence-electron chi connectivity index (χ2n) is 5.41. The van der Waals surface area contributed by atoms with Gasteiger partial charge in [-0.2, -0.15) is 0 Å². The van der Waals surface area contributed by atoms with Crippen LogP contribution in [0.4, 0.5) is 0 Å². The molecule has 0 atom stereocenters. The first-order valence-corrected chi connectivity index (χ1v) is 8.11. The van der Waals surface area contributed by atoms with Crippen molar-refractivity contribution in [3.8, 4) is 0 Å². The van der Waals surface area contributed by atoms with E-state index in [-0.39, 0.29) is 12.5 Å².